The topological polar surface area (TPSA) is 34.1 Å². The van der Waals surface area contributed by atoms with Crippen LogP contribution in [-0.2, 0) is 6.61 Å². The zero-order valence-corrected chi connectivity index (χ0v) is 14.1. The minimum Gasteiger partial charge on any atom is -0.489 e. The van der Waals surface area contributed by atoms with Crippen molar-refractivity contribution in [2.75, 3.05) is 7.05 Å². The quantitative estimate of drug-likeness (QED) is 0.736. The largest absolute Gasteiger partial charge is 0.489 e. The average molecular weight is 318 g/mol. The fourth-order valence-electron chi connectivity index (χ4n) is 2.80. The van der Waals surface area contributed by atoms with Gasteiger partial charge in [-0.1, -0.05) is 42.5 Å². The van der Waals surface area contributed by atoms with Gasteiger partial charge in [0.05, 0.1) is 6.04 Å². The van der Waals surface area contributed by atoms with Crippen molar-refractivity contribution in [2.24, 2.45) is 0 Å². The van der Waals surface area contributed by atoms with Gasteiger partial charge in [0.1, 0.15) is 12.4 Å². The summed E-state index contributed by atoms with van der Waals surface area (Å²) in [5.41, 5.74) is 4.73. The molecule has 0 saturated carbocycles. The van der Waals surface area contributed by atoms with Crippen LogP contribution in [0.4, 0.5) is 0 Å². The Kier molecular flexibility index (Phi) is 5.24. The van der Waals surface area contributed by atoms with E-state index in [0.717, 1.165) is 11.3 Å². The molecule has 0 saturated heterocycles. The third kappa shape index (κ3) is 3.81. The van der Waals surface area contributed by atoms with E-state index in [2.05, 4.69) is 41.5 Å². The minimum atomic E-state index is 0.0963. The summed E-state index contributed by atoms with van der Waals surface area (Å²) in [5.74, 6) is 0.873. The molecule has 1 heterocycles. The highest BCUT2D eigenvalue weighted by Gasteiger charge is 2.15. The Bertz CT molecular complexity index is 787. The molecule has 0 fully saturated rings. The highest BCUT2D eigenvalue weighted by Crippen LogP contribution is 2.26. The van der Waals surface area contributed by atoms with Crippen molar-refractivity contribution in [3.63, 3.8) is 0 Å². The van der Waals surface area contributed by atoms with Gasteiger partial charge in [-0.15, -0.1) is 0 Å². The predicted octanol–water partition coefficient (Wildman–Crippen LogP) is 4.28. The van der Waals surface area contributed by atoms with Crippen molar-refractivity contribution >= 4 is 0 Å². The van der Waals surface area contributed by atoms with Gasteiger partial charge in [0.15, 0.2) is 0 Å². The van der Waals surface area contributed by atoms with Crippen LogP contribution in [0.3, 0.4) is 0 Å². The van der Waals surface area contributed by atoms with Crippen molar-refractivity contribution in [3.8, 4) is 5.75 Å². The third-order valence-electron chi connectivity index (χ3n) is 4.12. The first kappa shape index (κ1) is 16.2. The predicted molar refractivity (Wildman–Crippen MR) is 97.1 cm³/mol. The second kappa shape index (κ2) is 7.75. The van der Waals surface area contributed by atoms with E-state index in [4.69, 9.17) is 4.74 Å². The number of ether oxygens (including phenoxy) is 1. The number of aryl methyl sites for hydroxylation is 1. The summed E-state index contributed by atoms with van der Waals surface area (Å²) in [7, 11) is 1.97. The zero-order chi connectivity index (χ0) is 16.8. The molecule has 3 nitrogen and oxygen atoms in total. The van der Waals surface area contributed by atoms with Gasteiger partial charge in [0.2, 0.25) is 0 Å². The molecule has 0 aliphatic carbocycles. The lowest BCUT2D eigenvalue weighted by Crippen LogP contribution is -2.19. The Labute approximate surface area is 143 Å². The van der Waals surface area contributed by atoms with Crippen LogP contribution in [-0.4, -0.2) is 12.0 Å². The van der Waals surface area contributed by atoms with Gasteiger partial charge in [0, 0.05) is 12.4 Å². The molecular formula is C21H22N2O. The molecule has 24 heavy (non-hydrogen) atoms. The Hall–Kier alpha value is -2.65. The molecule has 0 amide bonds. The van der Waals surface area contributed by atoms with Gasteiger partial charge in [-0.25, -0.2) is 0 Å². The van der Waals surface area contributed by atoms with E-state index in [1.165, 1.54) is 16.7 Å². The first-order chi connectivity index (χ1) is 11.8. The van der Waals surface area contributed by atoms with E-state index in [-0.39, 0.29) is 6.04 Å². The van der Waals surface area contributed by atoms with Crippen LogP contribution in [0.2, 0.25) is 0 Å². The number of aromatic nitrogens is 1. The monoisotopic (exact) mass is 318 g/mol. The third-order valence-corrected chi connectivity index (χ3v) is 4.12. The van der Waals surface area contributed by atoms with Crippen LogP contribution < -0.4 is 10.1 Å². The average Bonchev–Trinajstić information content (AvgIpc) is 2.63. The van der Waals surface area contributed by atoms with Crippen molar-refractivity contribution in [1.29, 1.82) is 0 Å². The van der Waals surface area contributed by atoms with Gasteiger partial charge in [-0.2, -0.15) is 0 Å². The zero-order valence-electron chi connectivity index (χ0n) is 14.1. The lowest BCUT2D eigenvalue weighted by atomic mass is 9.97. The molecule has 0 spiro atoms. The Morgan fingerprint density at radius 3 is 2.62 bits per heavy atom. The molecule has 2 aromatic carbocycles. The smallest absolute Gasteiger partial charge is 0.120 e. The maximum Gasteiger partial charge on any atom is 0.120 e. The van der Waals surface area contributed by atoms with Gasteiger partial charge in [-0.05, 0) is 54.4 Å². The highest BCUT2D eigenvalue weighted by atomic mass is 16.5. The second-order valence-corrected chi connectivity index (χ2v) is 5.80. The van der Waals surface area contributed by atoms with E-state index in [1.54, 1.807) is 0 Å². The lowest BCUT2D eigenvalue weighted by molar-refractivity contribution is 0.305. The molecular weight excluding hydrogens is 296 g/mol. The Morgan fingerprint density at radius 1 is 1.04 bits per heavy atom. The fourth-order valence-corrected chi connectivity index (χ4v) is 2.80. The van der Waals surface area contributed by atoms with Gasteiger partial charge in [0.25, 0.3) is 0 Å². The van der Waals surface area contributed by atoms with E-state index in [0.29, 0.717) is 6.61 Å². The maximum absolute atomic E-state index is 5.95. The van der Waals surface area contributed by atoms with Crippen molar-refractivity contribution in [2.45, 2.75) is 19.6 Å². The highest BCUT2D eigenvalue weighted by molar-refractivity contribution is 5.38. The van der Waals surface area contributed by atoms with Gasteiger partial charge in [-0.3, -0.25) is 4.98 Å². The Balaban J connectivity index is 1.80. The number of rotatable bonds is 6. The first-order valence-corrected chi connectivity index (χ1v) is 8.12. The number of hydrogen-bond donors (Lipinski definition) is 1. The van der Waals surface area contributed by atoms with E-state index >= 15 is 0 Å². The molecule has 0 aliphatic heterocycles. The lowest BCUT2D eigenvalue weighted by Gasteiger charge is -2.19. The minimum absolute atomic E-state index is 0.0963. The molecule has 1 atom stereocenters. The summed E-state index contributed by atoms with van der Waals surface area (Å²) in [5, 5.41) is 3.38. The van der Waals surface area contributed by atoms with Crippen LogP contribution in [0.5, 0.6) is 5.75 Å². The molecule has 3 heteroatoms. The number of pyridine rings is 1. The second-order valence-electron chi connectivity index (χ2n) is 5.80. The summed E-state index contributed by atoms with van der Waals surface area (Å²) in [4.78, 5) is 4.27. The SMILES string of the molecule is CNC(c1cccc(OCc2ccccc2)c1)c1cnccc1C. The number of nitrogens with zero attached hydrogens (tertiary/aromatic N) is 1. The van der Waals surface area contributed by atoms with Crippen LogP contribution in [0.25, 0.3) is 0 Å². The molecule has 122 valence electrons. The van der Waals surface area contributed by atoms with Gasteiger partial charge < -0.3 is 10.1 Å². The molecule has 1 N–H and O–H groups in total. The van der Waals surface area contributed by atoms with Crippen molar-refractivity contribution in [3.05, 3.63) is 95.3 Å². The van der Waals surface area contributed by atoms with Crippen molar-refractivity contribution in [1.82, 2.24) is 10.3 Å². The van der Waals surface area contributed by atoms with Crippen molar-refractivity contribution < 1.29 is 4.74 Å². The molecule has 1 aromatic heterocycles. The summed E-state index contributed by atoms with van der Waals surface area (Å²) in [6.07, 6.45) is 3.75. The molecule has 3 aromatic rings. The van der Waals surface area contributed by atoms with Crippen LogP contribution in [0.1, 0.15) is 28.3 Å². The summed E-state index contributed by atoms with van der Waals surface area (Å²) < 4.78 is 5.95. The molecule has 0 aliphatic rings. The Morgan fingerprint density at radius 2 is 1.88 bits per heavy atom. The van der Waals surface area contributed by atoms with Gasteiger partial charge >= 0.3 is 0 Å². The summed E-state index contributed by atoms with van der Waals surface area (Å²) >= 11 is 0. The molecule has 1 unspecified atom stereocenters. The molecule has 3 rings (SSSR count). The van der Waals surface area contributed by atoms with E-state index < -0.39 is 0 Å². The number of hydrogen-bond acceptors (Lipinski definition) is 3. The molecule has 0 bridgehead atoms. The van der Waals surface area contributed by atoms with E-state index in [9.17, 15) is 0 Å². The standard InChI is InChI=1S/C21H22N2O/c1-16-11-12-23-14-20(16)21(22-2)18-9-6-10-19(13-18)24-15-17-7-4-3-5-8-17/h3-14,21-22H,15H2,1-2H3. The van der Waals surface area contributed by atoms with Crippen LogP contribution >= 0.6 is 0 Å². The summed E-state index contributed by atoms with van der Waals surface area (Å²) in [6.45, 7) is 2.68. The maximum atomic E-state index is 5.95. The summed E-state index contributed by atoms with van der Waals surface area (Å²) in [6, 6.07) is 20.6. The first-order valence-electron chi connectivity index (χ1n) is 8.12. The fraction of sp³-hybridized carbons (Fsp3) is 0.190. The number of nitrogens with one attached hydrogen (secondary N) is 1. The van der Waals surface area contributed by atoms with Crippen LogP contribution in [0.15, 0.2) is 73.1 Å². The van der Waals surface area contributed by atoms with E-state index in [1.807, 2.05) is 55.8 Å². The van der Waals surface area contributed by atoms with Crippen LogP contribution in [0, 0.1) is 6.92 Å². The molecule has 0 radical (unpaired) electrons. The number of benzene rings is 2. The normalized spacial score (nSPS) is 11.9.